The van der Waals surface area contributed by atoms with Gasteiger partial charge in [0.15, 0.2) is 0 Å². The molecule has 1 aromatic heterocycles. The fourth-order valence-corrected chi connectivity index (χ4v) is 3.37. The van der Waals surface area contributed by atoms with E-state index in [0.29, 0.717) is 0 Å². The Labute approximate surface area is 67.1 Å². The number of hydrogen-bond donors (Lipinski definition) is 0. The summed E-state index contributed by atoms with van der Waals surface area (Å²) in [7, 11) is -1.11. The number of aryl methyl sites for hydroxylation is 1. The Morgan fingerprint density at radius 3 is 2.20 bits per heavy atom. The molecule has 0 amide bonds. The van der Waals surface area contributed by atoms with Gasteiger partial charge in [-0.2, -0.15) is 0 Å². The standard InChI is InChI=1S/C7H13NSSi/c1-6-8-7(5-9-6)10(2,3)4/h5H,1-4H3. The van der Waals surface area contributed by atoms with Gasteiger partial charge in [-0.15, -0.1) is 11.3 Å². The van der Waals surface area contributed by atoms with Crippen LogP contribution < -0.4 is 5.32 Å². The van der Waals surface area contributed by atoms with E-state index in [0.717, 1.165) is 0 Å². The molecule has 0 N–H and O–H groups in total. The van der Waals surface area contributed by atoms with E-state index in [-0.39, 0.29) is 0 Å². The molecular formula is C7H13NSSi. The minimum atomic E-state index is -1.11. The highest BCUT2D eigenvalue weighted by Crippen LogP contribution is 2.06. The first-order valence-corrected chi connectivity index (χ1v) is 7.81. The SMILES string of the molecule is Cc1nc([Si](C)(C)C)cs1. The molecule has 1 rings (SSSR count). The van der Waals surface area contributed by atoms with Gasteiger partial charge in [0.2, 0.25) is 0 Å². The van der Waals surface area contributed by atoms with E-state index >= 15 is 0 Å². The van der Waals surface area contributed by atoms with Crippen LogP contribution in [0.2, 0.25) is 19.6 Å². The molecule has 3 heteroatoms. The van der Waals surface area contributed by atoms with Crippen LogP contribution in [-0.2, 0) is 0 Å². The lowest BCUT2D eigenvalue weighted by Crippen LogP contribution is -2.38. The van der Waals surface area contributed by atoms with Crippen LogP contribution in [0.5, 0.6) is 0 Å². The van der Waals surface area contributed by atoms with E-state index in [9.17, 15) is 0 Å². The summed E-state index contributed by atoms with van der Waals surface area (Å²) in [4.78, 5) is 4.46. The Morgan fingerprint density at radius 1 is 1.40 bits per heavy atom. The van der Waals surface area contributed by atoms with Gasteiger partial charge in [-0.1, -0.05) is 19.6 Å². The molecule has 0 unspecified atom stereocenters. The molecule has 0 saturated carbocycles. The van der Waals surface area contributed by atoms with Crippen molar-refractivity contribution in [2.45, 2.75) is 26.6 Å². The maximum Gasteiger partial charge on any atom is 0.102 e. The van der Waals surface area contributed by atoms with Gasteiger partial charge in [0.25, 0.3) is 0 Å². The summed E-state index contributed by atoms with van der Waals surface area (Å²) in [6, 6.07) is 0. The summed E-state index contributed by atoms with van der Waals surface area (Å²) in [6.45, 7) is 9.03. The average molecular weight is 171 g/mol. The van der Waals surface area contributed by atoms with Crippen LogP contribution in [0.15, 0.2) is 5.38 Å². The summed E-state index contributed by atoms with van der Waals surface area (Å²) in [5.41, 5.74) is 0. The van der Waals surface area contributed by atoms with Crippen molar-refractivity contribution in [2.24, 2.45) is 0 Å². The van der Waals surface area contributed by atoms with Gasteiger partial charge in [0, 0.05) is 10.7 Å². The van der Waals surface area contributed by atoms with Crippen molar-refractivity contribution in [1.29, 1.82) is 0 Å². The second kappa shape index (κ2) is 2.47. The van der Waals surface area contributed by atoms with Gasteiger partial charge in [0.05, 0.1) is 5.01 Å². The first-order chi connectivity index (χ1) is 4.50. The van der Waals surface area contributed by atoms with E-state index in [1.807, 2.05) is 0 Å². The molecule has 0 atom stereocenters. The van der Waals surface area contributed by atoms with Gasteiger partial charge >= 0.3 is 0 Å². The minimum absolute atomic E-state index is 1.11. The molecule has 0 bridgehead atoms. The Bertz CT molecular complexity index is 224. The molecule has 0 spiro atoms. The van der Waals surface area contributed by atoms with Crippen LogP contribution in [0.3, 0.4) is 0 Å². The molecule has 1 heterocycles. The van der Waals surface area contributed by atoms with Crippen LogP contribution in [-0.4, -0.2) is 13.1 Å². The molecule has 0 fully saturated rings. The number of aromatic nitrogens is 1. The van der Waals surface area contributed by atoms with Crippen molar-refractivity contribution in [1.82, 2.24) is 4.98 Å². The fraction of sp³-hybridized carbons (Fsp3) is 0.571. The lowest BCUT2D eigenvalue weighted by atomic mass is 10.8. The zero-order chi connectivity index (χ0) is 7.78. The third-order valence-electron chi connectivity index (χ3n) is 1.39. The van der Waals surface area contributed by atoms with Crippen LogP contribution in [0.1, 0.15) is 5.01 Å². The lowest BCUT2D eigenvalue weighted by Gasteiger charge is -2.10. The zero-order valence-electron chi connectivity index (χ0n) is 6.93. The van der Waals surface area contributed by atoms with E-state index in [2.05, 4.69) is 36.9 Å². The molecule has 1 aromatic rings. The molecule has 0 aromatic carbocycles. The number of rotatable bonds is 1. The molecule has 0 saturated heterocycles. The minimum Gasteiger partial charge on any atom is -0.251 e. The molecule has 10 heavy (non-hydrogen) atoms. The summed E-state index contributed by atoms with van der Waals surface area (Å²) in [6.07, 6.45) is 0. The van der Waals surface area contributed by atoms with E-state index in [1.165, 1.54) is 10.3 Å². The normalized spacial score (nSPS) is 12.0. The first-order valence-electron chi connectivity index (χ1n) is 3.43. The van der Waals surface area contributed by atoms with Gasteiger partial charge in [-0.05, 0) is 6.92 Å². The highest BCUT2D eigenvalue weighted by atomic mass is 32.1. The topological polar surface area (TPSA) is 12.9 Å². The van der Waals surface area contributed by atoms with Crippen LogP contribution >= 0.6 is 11.3 Å². The second-order valence-electron chi connectivity index (χ2n) is 3.50. The van der Waals surface area contributed by atoms with Crippen molar-refractivity contribution in [3.63, 3.8) is 0 Å². The van der Waals surface area contributed by atoms with Gasteiger partial charge < -0.3 is 0 Å². The number of thiazole rings is 1. The molecule has 0 aliphatic carbocycles. The van der Waals surface area contributed by atoms with Crippen LogP contribution in [0, 0.1) is 6.92 Å². The number of nitrogens with zero attached hydrogens (tertiary/aromatic N) is 1. The summed E-state index contributed by atoms with van der Waals surface area (Å²) in [5.74, 6) is 0. The van der Waals surface area contributed by atoms with Gasteiger partial charge in [-0.3, -0.25) is 4.98 Å². The Kier molecular flexibility index (Phi) is 1.96. The Balaban J connectivity index is 2.96. The maximum atomic E-state index is 4.46. The average Bonchev–Trinajstić information content (AvgIpc) is 2.11. The van der Waals surface area contributed by atoms with Crippen molar-refractivity contribution in [3.05, 3.63) is 10.4 Å². The first kappa shape index (κ1) is 7.95. The van der Waals surface area contributed by atoms with Crippen LogP contribution in [0.25, 0.3) is 0 Å². The molecule has 0 aliphatic rings. The molecule has 0 radical (unpaired) electrons. The third kappa shape index (κ3) is 1.67. The highest BCUT2D eigenvalue weighted by molar-refractivity contribution is 7.11. The monoisotopic (exact) mass is 171 g/mol. The van der Waals surface area contributed by atoms with Crippen molar-refractivity contribution in [3.8, 4) is 0 Å². The van der Waals surface area contributed by atoms with Crippen molar-refractivity contribution in [2.75, 3.05) is 0 Å². The van der Waals surface area contributed by atoms with E-state index in [4.69, 9.17) is 0 Å². The summed E-state index contributed by atoms with van der Waals surface area (Å²) in [5, 5.41) is 4.73. The Hall–Kier alpha value is -0.153. The lowest BCUT2D eigenvalue weighted by molar-refractivity contribution is 1.32. The van der Waals surface area contributed by atoms with Gasteiger partial charge in [0.1, 0.15) is 8.07 Å². The third-order valence-corrected chi connectivity index (χ3v) is 4.16. The maximum absolute atomic E-state index is 4.46. The predicted octanol–water partition coefficient (Wildman–Crippen LogP) is 2.00. The molecule has 1 nitrogen and oxygen atoms in total. The molecule has 56 valence electrons. The fourth-order valence-electron chi connectivity index (χ4n) is 0.708. The molecule has 0 aliphatic heterocycles. The van der Waals surface area contributed by atoms with Crippen molar-refractivity contribution < 1.29 is 0 Å². The van der Waals surface area contributed by atoms with E-state index < -0.39 is 8.07 Å². The molecular weight excluding hydrogens is 158 g/mol. The summed E-state index contributed by atoms with van der Waals surface area (Å²) < 4.78 is 0. The smallest absolute Gasteiger partial charge is 0.102 e. The highest BCUT2D eigenvalue weighted by Gasteiger charge is 2.18. The number of hydrogen-bond acceptors (Lipinski definition) is 2. The second-order valence-corrected chi connectivity index (χ2v) is 9.58. The van der Waals surface area contributed by atoms with E-state index in [1.54, 1.807) is 11.3 Å². The van der Waals surface area contributed by atoms with Gasteiger partial charge in [-0.25, -0.2) is 0 Å². The Morgan fingerprint density at radius 2 is 2.00 bits per heavy atom. The zero-order valence-corrected chi connectivity index (χ0v) is 8.75. The summed E-state index contributed by atoms with van der Waals surface area (Å²) >= 11 is 1.75. The van der Waals surface area contributed by atoms with Crippen LogP contribution in [0.4, 0.5) is 0 Å². The predicted molar refractivity (Wildman–Crippen MR) is 49.8 cm³/mol. The van der Waals surface area contributed by atoms with Crippen molar-refractivity contribution >= 4 is 24.7 Å². The largest absolute Gasteiger partial charge is 0.251 e. The quantitative estimate of drug-likeness (QED) is 0.589.